The molecular weight excluding hydrogens is 142 g/mol. The lowest BCUT2D eigenvalue weighted by Gasteiger charge is -2.10. The van der Waals surface area contributed by atoms with Crippen molar-refractivity contribution < 1.29 is 9.59 Å². The Bertz CT molecular complexity index is 159. The van der Waals surface area contributed by atoms with Crippen LogP contribution in [0.25, 0.3) is 0 Å². The molecule has 1 amide bonds. The lowest BCUT2D eigenvalue weighted by molar-refractivity contribution is -0.120. The summed E-state index contributed by atoms with van der Waals surface area (Å²) in [5, 5.41) is 2.58. The normalized spacial score (nSPS) is 11.8. The highest BCUT2D eigenvalue weighted by atomic mass is 16.1. The van der Waals surface area contributed by atoms with Crippen molar-refractivity contribution in [2.24, 2.45) is 0 Å². The molecule has 1 atom stereocenters. The first kappa shape index (κ1) is 9.88. The first-order valence-electron chi connectivity index (χ1n) is 3.45. The van der Waals surface area contributed by atoms with Crippen molar-refractivity contribution >= 4 is 11.7 Å². The molecule has 0 rings (SSSR count). The van der Waals surface area contributed by atoms with E-state index in [-0.39, 0.29) is 17.7 Å². The molecule has 1 N–H and O–H groups in total. The molecule has 0 fully saturated rings. The SMILES string of the molecule is C=CC(CC(C)=O)NC(C)=O. The summed E-state index contributed by atoms with van der Waals surface area (Å²) < 4.78 is 0. The highest BCUT2D eigenvalue weighted by molar-refractivity contribution is 5.78. The summed E-state index contributed by atoms with van der Waals surface area (Å²) in [7, 11) is 0. The minimum absolute atomic E-state index is 0.0450. The van der Waals surface area contributed by atoms with Crippen LogP contribution in [-0.2, 0) is 9.59 Å². The third kappa shape index (κ3) is 5.33. The molecule has 0 aliphatic carbocycles. The number of ketones is 1. The summed E-state index contributed by atoms with van der Waals surface area (Å²) in [6, 6.07) is -0.218. The van der Waals surface area contributed by atoms with Gasteiger partial charge in [0.25, 0.3) is 0 Å². The Balaban J connectivity index is 3.85. The molecule has 3 nitrogen and oxygen atoms in total. The van der Waals surface area contributed by atoms with Crippen molar-refractivity contribution in [2.45, 2.75) is 26.3 Å². The Labute approximate surface area is 66.5 Å². The van der Waals surface area contributed by atoms with E-state index in [0.717, 1.165) is 0 Å². The number of carbonyl (C=O) groups excluding carboxylic acids is 2. The van der Waals surface area contributed by atoms with E-state index in [9.17, 15) is 9.59 Å². The Morgan fingerprint density at radius 2 is 2.09 bits per heavy atom. The summed E-state index contributed by atoms with van der Waals surface area (Å²) in [5.41, 5.74) is 0. The van der Waals surface area contributed by atoms with Gasteiger partial charge in [0.2, 0.25) is 5.91 Å². The van der Waals surface area contributed by atoms with Gasteiger partial charge in [-0.25, -0.2) is 0 Å². The summed E-state index contributed by atoms with van der Waals surface area (Å²) in [4.78, 5) is 21.1. The summed E-state index contributed by atoms with van der Waals surface area (Å²) >= 11 is 0. The van der Waals surface area contributed by atoms with Crippen molar-refractivity contribution in [2.75, 3.05) is 0 Å². The smallest absolute Gasteiger partial charge is 0.217 e. The molecule has 3 heteroatoms. The molecule has 0 aromatic carbocycles. The van der Waals surface area contributed by atoms with Crippen molar-refractivity contribution in [3.63, 3.8) is 0 Å². The number of hydrogen-bond acceptors (Lipinski definition) is 2. The average molecular weight is 155 g/mol. The molecule has 0 spiro atoms. The molecule has 62 valence electrons. The van der Waals surface area contributed by atoms with Crippen LogP contribution >= 0.6 is 0 Å². The lowest BCUT2D eigenvalue weighted by Crippen LogP contribution is -2.32. The predicted octanol–water partition coefficient (Wildman–Crippen LogP) is 0.656. The van der Waals surface area contributed by atoms with Gasteiger partial charge in [-0.3, -0.25) is 9.59 Å². The van der Waals surface area contributed by atoms with Gasteiger partial charge in [-0.15, -0.1) is 6.58 Å². The Hall–Kier alpha value is -1.12. The van der Waals surface area contributed by atoms with E-state index in [2.05, 4.69) is 11.9 Å². The number of amides is 1. The van der Waals surface area contributed by atoms with Crippen molar-refractivity contribution in [3.8, 4) is 0 Å². The van der Waals surface area contributed by atoms with Gasteiger partial charge < -0.3 is 5.32 Å². The topological polar surface area (TPSA) is 46.2 Å². The molecule has 0 aromatic rings. The molecule has 0 aliphatic rings. The Kier molecular flexibility index (Phi) is 4.18. The minimum Gasteiger partial charge on any atom is -0.350 e. The van der Waals surface area contributed by atoms with E-state index in [4.69, 9.17) is 0 Å². The number of Topliss-reactive ketones (excluding diaryl/α,β-unsaturated/α-hetero) is 1. The number of rotatable bonds is 4. The maximum atomic E-state index is 10.6. The quantitative estimate of drug-likeness (QED) is 0.606. The van der Waals surface area contributed by atoms with E-state index in [1.54, 1.807) is 6.08 Å². The van der Waals surface area contributed by atoms with E-state index >= 15 is 0 Å². The fourth-order valence-corrected chi connectivity index (χ4v) is 0.764. The maximum Gasteiger partial charge on any atom is 0.217 e. The zero-order chi connectivity index (χ0) is 8.85. The number of nitrogens with one attached hydrogen (secondary N) is 1. The van der Waals surface area contributed by atoms with Crippen LogP contribution in [0.1, 0.15) is 20.3 Å². The molecule has 1 unspecified atom stereocenters. The van der Waals surface area contributed by atoms with E-state index < -0.39 is 0 Å². The zero-order valence-electron chi connectivity index (χ0n) is 6.89. The van der Waals surface area contributed by atoms with Gasteiger partial charge in [-0.1, -0.05) is 6.08 Å². The number of carbonyl (C=O) groups is 2. The largest absolute Gasteiger partial charge is 0.350 e. The van der Waals surface area contributed by atoms with Gasteiger partial charge in [0.05, 0.1) is 6.04 Å². The molecular formula is C8H13NO2. The van der Waals surface area contributed by atoms with E-state index in [0.29, 0.717) is 6.42 Å². The molecule has 0 radical (unpaired) electrons. The molecule has 0 heterocycles. The van der Waals surface area contributed by atoms with Crippen LogP contribution in [-0.4, -0.2) is 17.7 Å². The van der Waals surface area contributed by atoms with Gasteiger partial charge in [0.15, 0.2) is 0 Å². The van der Waals surface area contributed by atoms with Crippen molar-refractivity contribution in [1.82, 2.24) is 5.32 Å². The fraction of sp³-hybridized carbons (Fsp3) is 0.500. The van der Waals surface area contributed by atoms with Crippen LogP contribution in [0.15, 0.2) is 12.7 Å². The summed E-state index contributed by atoms with van der Waals surface area (Å²) in [6.07, 6.45) is 1.88. The first-order valence-corrected chi connectivity index (χ1v) is 3.45. The van der Waals surface area contributed by atoms with Crippen molar-refractivity contribution in [1.29, 1.82) is 0 Å². The van der Waals surface area contributed by atoms with Crippen LogP contribution < -0.4 is 5.32 Å². The molecule has 0 saturated heterocycles. The van der Waals surface area contributed by atoms with E-state index in [1.807, 2.05) is 0 Å². The summed E-state index contributed by atoms with van der Waals surface area (Å²) in [6.45, 7) is 6.40. The minimum atomic E-state index is -0.218. The molecule has 0 saturated carbocycles. The molecule has 0 aromatic heterocycles. The van der Waals surface area contributed by atoms with Gasteiger partial charge in [0, 0.05) is 13.3 Å². The fourth-order valence-electron chi connectivity index (χ4n) is 0.764. The van der Waals surface area contributed by atoms with E-state index in [1.165, 1.54) is 13.8 Å². The Morgan fingerprint density at radius 1 is 1.55 bits per heavy atom. The van der Waals surface area contributed by atoms with Gasteiger partial charge in [0.1, 0.15) is 5.78 Å². The van der Waals surface area contributed by atoms with Crippen LogP contribution in [0.4, 0.5) is 0 Å². The highest BCUT2D eigenvalue weighted by Crippen LogP contribution is 1.93. The van der Waals surface area contributed by atoms with Gasteiger partial charge >= 0.3 is 0 Å². The second-order valence-corrected chi connectivity index (χ2v) is 2.45. The third-order valence-corrected chi connectivity index (χ3v) is 1.18. The standard InChI is InChI=1S/C8H13NO2/c1-4-8(5-6(2)10)9-7(3)11/h4,8H,1,5H2,2-3H3,(H,9,11). The predicted molar refractivity (Wildman–Crippen MR) is 43.1 cm³/mol. The maximum absolute atomic E-state index is 10.6. The van der Waals surface area contributed by atoms with Gasteiger partial charge in [-0.05, 0) is 6.92 Å². The molecule has 0 aliphatic heterocycles. The van der Waals surface area contributed by atoms with Gasteiger partial charge in [-0.2, -0.15) is 0 Å². The Morgan fingerprint density at radius 3 is 2.36 bits per heavy atom. The highest BCUT2D eigenvalue weighted by Gasteiger charge is 2.06. The van der Waals surface area contributed by atoms with Crippen LogP contribution in [0, 0.1) is 0 Å². The first-order chi connectivity index (χ1) is 5.06. The molecule has 0 bridgehead atoms. The van der Waals surface area contributed by atoms with Crippen LogP contribution in [0.3, 0.4) is 0 Å². The average Bonchev–Trinajstić information content (AvgIpc) is 1.84. The lowest BCUT2D eigenvalue weighted by atomic mass is 10.1. The van der Waals surface area contributed by atoms with Crippen molar-refractivity contribution in [3.05, 3.63) is 12.7 Å². The third-order valence-electron chi connectivity index (χ3n) is 1.18. The molecule has 11 heavy (non-hydrogen) atoms. The second kappa shape index (κ2) is 4.66. The number of hydrogen-bond donors (Lipinski definition) is 1. The van der Waals surface area contributed by atoms with Crippen LogP contribution in [0.2, 0.25) is 0 Å². The summed E-state index contributed by atoms with van der Waals surface area (Å²) in [5.74, 6) is -0.0974. The van der Waals surface area contributed by atoms with Crippen LogP contribution in [0.5, 0.6) is 0 Å². The zero-order valence-corrected chi connectivity index (χ0v) is 6.89. The second-order valence-electron chi connectivity index (χ2n) is 2.45. The monoisotopic (exact) mass is 155 g/mol.